The summed E-state index contributed by atoms with van der Waals surface area (Å²) >= 11 is 0. The second kappa shape index (κ2) is 5.49. The summed E-state index contributed by atoms with van der Waals surface area (Å²) in [5.41, 5.74) is 0. The van der Waals surface area contributed by atoms with E-state index in [4.69, 9.17) is 4.74 Å². The van der Waals surface area contributed by atoms with E-state index in [-0.39, 0.29) is 24.0 Å². The molecule has 2 aliphatic rings. The van der Waals surface area contributed by atoms with Crippen molar-refractivity contribution in [3.8, 4) is 0 Å². The third kappa shape index (κ3) is 3.08. The lowest BCUT2D eigenvalue weighted by Gasteiger charge is -2.37. The lowest BCUT2D eigenvalue weighted by atomic mass is 9.94. The predicted octanol–water partition coefficient (Wildman–Crippen LogP) is 1.37. The van der Waals surface area contributed by atoms with Crippen molar-refractivity contribution in [3.63, 3.8) is 0 Å². The lowest BCUT2D eigenvalue weighted by molar-refractivity contribution is -0.154. The molecule has 1 amide bonds. The molecule has 0 bridgehead atoms. The molecule has 2 fully saturated rings. The molecule has 0 radical (unpaired) electrons. The van der Waals surface area contributed by atoms with Gasteiger partial charge in [-0.2, -0.15) is 0 Å². The van der Waals surface area contributed by atoms with Crippen LogP contribution >= 0.6 is 0 Å². The smallest absolute Gasteiger partial charge is 0.307 e. The summed E-state index contributed by atoms with van der Waals surface area (Å²) in [6.45, 7) is 7.05. The summed E-state index contributed by atoms with van der Waals surface area (Å²) < 4.78 is 5.61. The quantitative estimate of drug-likeness (QED) is 0.822. The van der Waals surface area contributed by atoms with Gasteiger partial charge in [-0.05, 0) is 32.6 Å². The van der Waals surface area contributed by atoms with E-state index in [1.807, 2.05) is 20.8 Å². The van der Waals surface area contributed by atoms with Crippen molar-refractivity contribution < 1.29 is 19.4 Å². The minimum atomic E-state index is -0.836. The Balaban J connectivity index is 2.07. The molecule has 0 spiro atoms. The number of carboxylic acids is 1. The molecule has 2 rings (SSSR count). The van der Waals surface area contributed by atoms with E-state index in [0.29, 0.717) is 31.8 Å². The van der Waals surface area contributed by atoms with Crippen molar-refractivity contribution in [3.05, 3.63) is 0 Å². The van der Waals surface area contributed by atoms with Crippen LogP contribution in [-0.4, -0.2) is 47.2 Å². The molecule has 0 aromatic heterocycles. The molecule has 1 saturated carbocycles. The highest BCUT2D eigenvalue weighted by molar-refractivity contribution is 5.85. The van der Waals surface area contributed by atoms with Gasteiger partial charge in [0.25, 0.3) is 0 Å². The molecular weight excluding hydrogens is 246 g/mol. The Morgan fingerprint density at radius 2 is 1.58 bits per heavy atom. The Morgan fingerprint density at radius 3 is 2.11 bits per heavy atom. The summed E-state index contributed by atoms with van der Waals surface area (Å²) in [6, 6.07) is 0. The summed E-state index contributed by atoms with van der Waals surface area (Å²) in [6.07, 6.45) is 1.35. The lowest BCUT2D eigenvalue weighted by Crippen LogP contribution is -2.50. The number of carboxylic acid groups (broad SMARTS) is 1. The van der Waals surface area contributed by atoms with Crippen LogP contribution in [-0.2, 0) is 14.3 Å². The highest BCUT2D eigenvalue weighted by Gasteiger charge is 2.43. The fraction of sp³-hybridized carbons (Fsp3) is 0.857. The van der Waals surface area contributed by atoms with Crippen LogP contribution in [0.15, 0.2) is 0 Å². The zero-order chi connectivity index (χ0) is 14.2. The molecule has 19 heavy (non-hydrogen) atoms. The van der Waals surface area contributed by atoms with E-state index in [1.54, 1.807) is 4.90 Å². The Kier molecular flexibility index (Phi) is 4.13. The van der Waals surface area contributed by atoms with Gasteiger partial charge < -0.3 is 14.7 Å². The second-order valence-electron chi connectivity index (χ2n) is 6.13. The monoisotopic (exact) mass is 269 g/mol. The van der Waals surface area contributed by atoms with E-state index in [9.17, 15) is 14.7 Å². The topological polar surface area (TPSA) is 66.8 Å². The predicted molar refractivity (Wildman–Crippen MR) is 69.6 cm³/mol. The molecule has 1 aliphatic heterocycles. The average Bonchev–Trinajstić information content (AvgIpc) is 2.69. The molecule has 108 valence electrons. The van der Waals surface area contributed by atoms with Crippen molar-refractivity contribution in [2.75, 3.05) is 13.1 Å². The molecule has 1 unspecified atom stereocenters. The van der Waals surface area contributed by atoms with Crippen LogP contribution in [0.25, 0.3) is 0 Å². The largest absolute Gasteiger partial charge is 0.481 e. The molecule has 0 aromatic carbocycles. The number of aliphatic carboxylic acids is 1. The fourth-order valence-corrected chi connectivity index (χ4v) is 3.43. The van der Waals surface area contributed by atoms with E-state index in [0.717, 1.165) is 0 Å². The highest BCUT2D eigenvalue weighted by atomic mass is 16.5. The number of carbonyl (C=O) groups excluding carboxylic acids is 1. The SMILES string of the molecule is CC1C[C@H](C(=O)N2C[C@@H](C)O[C@@H](C)C2)[C@H](C(=O)O)C1. The minimum absolute atomic E-state index is 0.00116. The fourth-order valence-electron chi connectivity index (χ4n) is 3.43. The van der Waals surface area contributed by atoms with Gasteiger partial charge >= 0.3 is 5.97 Å². The van der Waals surface area contributed by atoms with Crippen LogP contribution in [0.1, 0.15) is 33.6 Å². The Hall–Kier alpha value is -1.10. The summed E-state index contributed by atoms with van der Waals surface area (Å²) in [4.78, 5) is 25.6. The first-order valence-electron chi connectivity index (χ1n) is 7.05. The standard InChI is InChI=1S/C14H23NO4/c1-8-4-11(12(5-8)14(17)18)13(16)15-6-9(2)19-10(3)7-15/h8-12H,4-7H2,1-3H3,(H,17,18)/t8?,9-,10+,11-,12+/m0/s1. The number of rotatable bonds is 2. The Bertz CT molecular complexity index is 360. The maximum atomic E-state index is 12.6. The highest BCUT2D eigenvalue weighted by Crippen LogP contribution is 2.37. The van der Waals surface area contributed by atoms with Crippen molar-refractivity contribution in [1.82, 2.24) is 4.90 Å². The minimum Gasteiger partial charge on any atom is -0.481 e. The van der Waals surface area contributed by atoms with Crippen molar-refractivity contribution in [2.45, 2.75) is 45.8 Å². The molecular formula is C14H23NO4. The van der Waals surface area contributed by atoms with Crippen LogP contribution in [0.2, 0.25) is 0 Å². The third-order valence-corrected chi connectivity index (χ3v) is 4.16. The summed E-state index contributed by atoms with van der Waals surface area (Å²) in [5.74, 6) is -1.40. The maximum absolute atomic E-state index is 12.6. The first-order valence-corrected chi connectivity index (χ1v) is 7.05. The van der Waals surface area contributed by atoms with Crippen molar-refractivity contribution in [1.29, 1.82) is 0 Å². The number of ether oxygens (including phenoxy) is 1. The van der Waals surface area contributed by atoms with Gasteiger partial charge in [-0.15, -0.1) is 0 Å². The van der Waals surface area contributed by atoms with E-state index < -0.39 is 11.9 Å². The normalized spacial score (nSPS) is 39.3. The molecule has 1 saturated heterocycles. The summed E-state index contributed by atoms with van der Waals surface area (Å²) in [5, 5.41) is 9.26. The molecule has 5 nitrogen and oxygen atoms in total. The number of nitrogens with zero attached hydrogens (tertiary/aromatic N) is 1. The van der Waals surface area contributed by atoms with Gasteiger partial charge in [0.2, 0.25) is 5.91 Å². The number of hydrogen-bond acceptors (Lipinski definition) is 3. The van der Waals surface area contributed by atoms with E-state index >= 15 is 0 Å². The van der Waals surface area contributed by atoms with Crippen LogP contribution in [0, 0.1) is 17.8 Å². The molecule has 5 heteroatoms. The molecule has 1 aliphatic carbocycles. The van der Waals surface area contributed by atoms with Crippen molar-refractivity contribution in [2.24, 2.45) is 17.8 Å². The molecule has 5 atom stereocenters. The maximum Gasteiger partial charge on any atom is 0.307 e. The average molecular weight is 269 g/mol. The van der Waals surface area contributed by atoms with Gasteiger partial charge in [-0.3, -0.25) is 9.59 Å². The summed E-state index contributed by atoms with van der Waals surface area (Å²) in [7, 11) is 0. The van der Waals surface area contributed by atoms with Crippen LogP contribution < -0.4 is 0 Å². The van der Waals surface area contributed by atoms with E-state index in [1.165, 1.54) is 0 Å². The van der Waals surface area contributed by atoms with Gasteiger partial charge in [0.1, 0.15) is 0 Å². The van der Waals surface area contributed by atoms with Crippen LogP contribution in [0.4, 0.5) is 0 Å². The van der Waals surface area contributed by atoms with Gasteiger partial charge in [0.05, 0.1) is 24.0 Å². The first kappa shape index (κ1) is 14.3. The number of morpholine rings is 1. The van der Waals surface area contributed by atoms with Crippen LogP contribution in [0.5, 0.6) is 0 Å². The van der Waals surface area contributed by atoms with Gasteiger partial charge in [0, 0.05) is 13.1 Å². The van der Waals surface area contributed by atoms with Gasteiger partial charge in [0.15, 0.2) is 0 Å². The number of carbonyl (C=O) groups is 2. The zero-order valence-corrected chi connectivity index (χ0v) is 11.8. The van der Waals surface area contributed by atoms with Gasteiger partial charge in [-0.25, -0.2) is 0 Å². The van der Waals surface area contributed by atoms with Crippen molar-refractivity contribution >= 4 is 11.9 Å². The zero-order valence-electron chi connectivity index (χ0n) is 11.8. The second-order valence-corrected chi connectivity index (χ2v) is 6.13. The van der Waals surface area contributed by atoms with E-state index in [2.05, 4.69) is 0 Å². The van der Waals surface area contributed by atoms with Gasteiger partial charge in [-0.1, -0.05) is 6.92 Å². The molecule has 1 heterocycles. The Morgan fingerprint density at radius 1 is 1.05 bits per heavy atom. The molecule has 1 N–H and O–H groups in total. The first-order chi connectivity index (χ1) is 8.88. The number of hydrogen-bond donors (Lipinski definition) is 1. The van der Waals surface area contributed by atoms with Crippen LogP contribution in [0.3, 0.4) is 0 Å². The molecule has 0 aromatic rings. The number of amides is 1. The third-order valence-electron chi connectivity index (χ3n) is 4.16. The Labute approximate surface area is 113 Å².